The van der Waals surface area contributed by atoms with Gasteiger partial charge in [0, 0.05) is 5.38 Å². The van der Waals surface area contributed by atoms with Gasteiger partial charge in [-0.15, -0.1) is 16.4 Å². The highest BCUT2D eigenvalue weighted by Crippen LogP contribution is 2.07. The molecule has 2 rings (SSSR count). The summed E-state index contributed by atoms with van der Waals surface area (Å²) in [4.78, 5) is 14.6. The maximum absolute atomic E-state index is 10.7. The summed E-state index contributed by atoms with van der Waals surface area (Å²) >= 11 is 2.59. The first-order chi connectivity index (χ1) is 6.34. The Morgan fingerprint density at radius 2 is 2.54 bits per heavy atom. The summed E-state index contributed by atoms with van der Waals surface area (Å²) < 4.78 is 0. The van der Waals surface area contributed by atoms with E-state index in [0.717, 1.165) is 17.0 Å². The molecule has 0 aromatic carbocycles. The van der Waals surface area contributed by atoms with Crippen molar-refractivity contribution in [2.45, 2.75) is 6.54 Å². The molecular formula is C6H6N4OS2. The van der Waals surface area contributed by atoms with Crippen LogP contribution in [0.15, 0.2) is 15.7 Å². The molecule has 0 aliphatic rings. The number of nitrogens with one attached hydrogen (secondary N) is 2. The van der Waals surface area contributed by atoms with Gasteiger partial charge >= 0.3 is 4.87 Å². The van der Waals surface area contributed by atoms with Crippen LogP contribution < -0.4 is 10.2 Å². The van der Waals surface area contributed by atoms with E-state index in [1.54, 1.807) is 16.8 Å². The number of thiazole rings is 1. The number of H-pyrrole nitrogens is 1. The fourth-order valence-corrected chi connectivity index (χ4v) is 1.86. The lowest BCUT2D eigenvalue weighted by atomic mass is 10.5. The van der Waals surface area contributed by atoms with Crippen LogP contribution in [0.2, 0.25) is 0 Å². The first-order valence-corrected chi connectivity index (χ1v) is 5.27. The van der Waals surface area contributed by atoms with Crippen molar-refractivity contribution in [1.29, 1.82) is 0 Å². The number of rotatable bonds is 3. The molecule has 13 heavy (non-hydrogen) atoms. The minimum absolute atomic E-state index is 0.152. The fourth-order valence-electron chi connectivity index (χ4n) is 0.796. The van der Waals surface area contributed by atoms with Crippen LogP contribution in [0.1, 0.15) is 5.69 Å². The standard InChI is InChI=1S/C6H6N4OS2/c11-6-10-9-5(13-6)7-1-4-2-12-3-8-4/h2-3H,1H2,(H,7,9)(H,10,11). The Balaban J connectivity index is 1.97. The zero-order chi connectivity index (χ0) is 9.10. The van der Waals surface area contributed by atoms with E-state index in [1.165, 1.54) is 0 Å². The molecule has 0 saturated heterocycles. The number of anilines is 1. The van der Waals surface area contributed by atoms with Crippen molar-refractivity contribution in [3.63, 3.8) is 0 Å². The highest BCUT2D eigenvalue weighted by atomic mass is 32.1. The normalized spacial score (nSPS) is 10.2. The molecule has 5 nitrogen and oxygen atoms in total. The highest BCUT2D eigenvalue weighted by molar-refractivity contribution is 7.12. The Morgan fingerprint density at radius 3 is 3.15 bits per heavy atom. The van der Waals surface area contributed by atoms with E-state index >= 15 is 0 Å². The quantitative estimate of drug-likeness (QED) is 0.796. The van der Waals surface area contributed by atoms with Gasteiger partial charge in [-0.05, 0) is 11.3 Å². The number of hydrogen-bond acceptors (Lipinski definition) is 6. The first kappa shape index (κ1) is 8.39. The van der Waals surface area contributed by atoms with Gasteiger partial charge in [0.1, 0.15) is 0 Å². The van der Waals surface area contributed by atoms with Gasteiger partial charge in [-0.1, -0.05) is 0 Å². The van der Waals surface area contributed by atoms with Crippen LogP contribution in [0.5, 0.6) is 0 Å². The van der Waals surface area contributed by atoms with E-state index in [0.29, 0.717) is 11.7 Å². The molecule has 2 heterocycles. The summed E-state index contributed by atoms with van der Waals surface area (Å²) in [6, 6.07) is 0. The van der Waals surface area contributed by atoms with Gasteiger partial charge in [-0.25, -0.2) is 10.1 Å². The van der Waals surface area contributed by atoms with Crippen LogP contribution in [0.4, 0.5) is 5.13 Å². The fraction of sp³-hybridized carbons (Fsp3) is 0.167. The van der Waals surface area contributed by atoms with E-state index in [-0.39, 0.29) is 4.87 Å². The van der Waals surface area contributed by atoms with E-state index in [1.807, 2.05) is 5.38 Å². The predicted molar refractivity (Wildman–Crippen MR) is 52.2 cm³/mol. The SMILES string of the molecule is O=c1[nH]nc(NCc2cscn2)s1. The number of aromatic amines is 1. The summed E-state index contributed by atoms with van der Waals surface area (Å²) in [6.45, 7) is 0.601. The van der Waals surface area contributed by atoms with Crippen molar-refractivity contribution in [2.24, 2.45) is 0 Å². The second-order valence-electron chi connectivity index (χ2n) is 2.25. The minimum atomic E-state index is -0.152. The number of aromatic nitrogens is 3. The summed E-state index contributed by atoms with van der Waals surface area (Å²) in [5, 5.41) is 11.6. The van der Waals surface area contributed by atoms with Crippen LogP contribution in [-0.4, -0.2) is 15.2 Å². The molecule has 2 aromatic heterocycles. The molecule has 0 amide bonds. The molecule has 2 aromatic rings. The third-order valence-electron chi connectivity index (χ3n) is 1.34. The van der Waals surface area contributed by atoms with Gasteiger partial charge in [-0.2, -0.15) is 0 Å². The average molecular weight is 214 g/mol. The van der Waals surface area contributed by atoms with E-state index < -0.39 is 0 Å². The van der Waals surface area contributed by atoms with Crippen molar-refractivity contribution in [2.75, 3.05) is 5.32 Å². The molecule has 0 aliphatic heterocycles. The van der Waals surface area contributed by atoms with Gasteiger partial charge in [0.25, 0.3) is 0 Å². The minimum Gasteiger partial charge on any atom is -0.354 e. The van der Waals surface area contributed by atoms with E-state index in [2.05, 4.69) is 20.5 Å². The summed E-state index contributed by atoms with van der Waals surface area (Å²) in [7, 11) is 0. The summed E-state index contributed by atoms with van der Waals surface area (Å²) in [5.74, 6) is 0. The van der Waals surface area contributed by atoms with Gasteiger partial charge < -0.3 is 5.32 Å². The van der Waals surface area contributed by atoms with Crippen molar-refractivity contribution >= 4 is 27.8 Å². The summed E-state index contributed by atoms with van der Waals surface area (Å²) in [5.41, 5.74) is 2.72. The van der Waals surface area contributed by atoms with Crippen LogP contribution in [-0.2, 0) is 6.54 Å². The smallest absolute Gasteiger partial charge is 0.324 e. The molecular weight excluding hydrogens is 208 g/mol. The lowest BCUT2D eigenvalue weighted by Crippen LogP contribution is -1.98. The third-order valence-corrected chi connectivity index (χ3v) is 2.68. The highest BCUT2D eigenvalue weighted by Gasteiger charge is 1.99. The van der Waals surface area contributed by atoms with Crippen molar-refractivity contribution in [3.05, 3.63) is 26.3 Å². The molecule has 0 saturated carbocycles. The zero-order valence-corrected chi connectivity index (χ0v) is 8.11. The second kappa shape index (κ2) is 3.67. The molecule has 2 N–H and O–H groups in total. The van der Waals surface area contributed by atoms with Crippen LogP contribution in [0, 0.1) is 0 Å². The molecule has 0 bridgehead atoms. The van der Waals surface area contributed by atoms with E-state index in [9.17, 15) is 4.79 Å². The Labute approximate surface area is 81.5 Å². The molecule has 0 radical (unpaired) electrons. The monoisotopic (exact) mass is 214 g/mol. The Kier molecular flexibility index (Phi) is 2.37. The van der Waals surface area contributed by atoms with E-state index in [4.69, 9.17) is 0 Å². The third kappa shape index (κ3) is 2.13. The molecule has 0 atom stereocenters. The van der Waals surface area contributed by atoms with Gasteiger partial charge in [0.05, 0.1) is 17.7 Å². The van der Waals surface area contributed by atoms with Crippen molar-refractivity contribution in [3.8, 4) is 0 Å². The maximum Gasteiger partial charge on any atom is 0.324 e. The average Bonchev–Trinajstić information content (AvgIpc) is 2.71. The Morgan fingerprint density at radius 1 is 1.62 bits per heavy atom. The van der Waals surface area contributed by atoms with Gasteiger partial charge in [-0.3, -0.25) is 4.79 Å². The van der Waals surface area contributed by atoms with Crippen LogP contribution >= 0.6 is 22.7 Å². The Hall–Kier alpha value is -1.21. The molecule has 0 fully saturated rings. The largest absolute Gasteiger partial charge is 0.354 e. The second-order valence-corrected chi connectivity index (χ2v) is 3.93. The van der Waals surface area contributed by atoms with Gasteiger partial charge in [0.2, 0.25) is 5.13 Å². The molecule has 68 valence electrons. The maximum atomic E-state index is 10.7. The van der Waals surface area contributed by atoms with Crippen molar-refractivity contribution < 1.29 is 0 Å². The molecule has 0 unspecified atom stereocenters. The molecule has 0 spiro atoms. The van der Waals surface area contributed by atoms with Crippen LogP contribution in [0.3, 0.4) is 0 Å². The zero-order valence-electron chi connectivity index (χ0n) is 6.48. The lowest BCUT2D eigenvalue weighted by Gasteiger charge is -1.96. The lowest BCUT2D eigenvalue weighted by molar-refractivity contribution is 1.01. The predicted octanol–water partition coefficient (Wildman–Crippen LogP) is 0.900. The van der Waals surface area contributed by atoms with Crippen LogP contribution in [0.25, 0.3) is 0 Å². The molecule has 7 heteroatoms. The topological polar surface area (TPSA) is 70.7 Å². The summed E-state index contributed by atoms with van der Waals surface area (Å²) in [6.07, 6.45) is 0. The number of hydrogen-bond donors (Lipinski definition) is 2. The number of nitrogens with zero attached hydrogens (tertiary/aromatic N) is 2. The van der Waals surface area contributed by atoms with Gasteiger partial charge in [0.15, 0.2) is 0 Å². The molecule has 0 aliphatic carbocycles. The van der Waals surface area contributed by atoms with Crippen molar-refractivity contribution in [1.82, 2.24) is 15.2 Å². The Bertz CT molecular complexity index is 418. The first-order valence-electron chi connectivity index (χ1n) is 3.51.